The van der Waals surface area contributed by atoms with Gasteiger partial charge in [-0.2, -0.15) is 0 Å². The number of benzene rings is 2. The molecule has 25 heavy (non-hydrogen) atoms. The molecule has 0 heterocycles. The molecule has 5 heteroatoms. The number of hydrogen-bond acceptors (Lipinski definition) is 0. The van der Waals surface area contributed by atoms with E-state index in [1.54, 1.807) is 13.1 Å². The number of nitrogens with zero attached hydrogens (tertiary/aromatic N) is 2. The molecule has 2 aromatic carbocycles. The van der Waals surface area contributed by atoms with E-state index in [0.717, 1.165) is 11.4 Å². The van der Waals surface area contributed by atoms with Crippen LogP contribution in [-0.4, -0.2) is 0 Å². The fourth-order valence-corrected chi connectivity index (χ4v) is 1.65. The van der Waals surface area contributed by atoms with E-state index < -0.39 is 20.8 Å². The molecular formula is C20H18Cl2N2Zr+2. The van der Waals surface area contributed by atoms with Crippen LogP contribution < -0.4 is 10.6 Å². The van der Waals surface area contributed by atoms with Crippen molar-refractivity contribution in [3.05, 3.63) is 112 Å². The van der Waals surface area contributed by atoms with Crippen molar-refractivity contribution >= 4 is 28.4 Å². The molecule has 124 valence electrons. The average molecular weight is 449 g/mol. The van der Waals surface area contributed by atoms with Gasteiger partial charge in [0.05, 0.1) is 24.5 Å². The Balaban J connectivity index is 0.000000324. The van der Waals surface area contributed by atoms with Crippen molar-refractivity contribution in [3.63, 3.8) is 0 Å². The molecule has 0 atom stereocenters. The maximum absolute atomic E-state index is 4.93. The topological polar surface area (TPSA) is 28.2 Å². The molecule has 0 spiro atoms. The summed E-state index contributed by atoms with van der Waals surface area (Å²) in [6.07, 6.45) is 11.8. The molecule has 1 aliphatic carbocycles. The van der Waals surface area contributed by atoms with E-state index in [1.807, 2.05) is 99.2 Å². The molecular weight excluding hydrogens is 430 g/mol. The van der Waals surface area contributed by atoms with Gasteiger partial charge in [0.1, 0.15) is 0 Å². The summed E-state index contributed by atoms with van der Waals surface area (Å²) in [5.74, 6) is 0. The first-order valence-corrected chi connectivity index (χ1v) is 13.8. The second-order valence-corrected chi connectivity index (χ2v) is 8.19. The van der Waals surface area contributed by atoms with E-state index in [1.165, 1.54) is 0 Å². The molecule has 0 amide bonds. The normalized spacial score (nSPS) is 11.9. The number of para-hydroxylation sites is 2. The Morgan fingerprint density at radius 1 is 0.600 bits per heavy atom. The van der Waals surface area contributed by atoms with Crippen LogP contribution in [0.3, 0.4) is 0 Å². The first-order valence-electron chi connectivity index (χ1n) is 7.50. The van der Waals surface area contributed by atoms with Crippen molar-refractivity contribution in [1.82, 2.24) is 10.6 Å². The number of halogens is 2. The molecule has 0 unspecified atom stereocenters. The second kappa shape index (κ2) is 16.9. The van der Waals surface area contributed by atoms with Crippen LogP contribution in [0.15, 0.2) is 60.7 Å². The summed E-state index contributed by atoms with van der Waals surface area (Å²) in [5, 5.41) is 8.53. The molecule has 2 nitrogen and oxygen atoms in total. The zero-order valence-electron chi connectivity index (χ0n) is 13.5. The standard InChI is InChI=1S/C15H13N2.C5H5.2ClH.Zr/c1-3-8-14(9-4-1)16-12-7-13-17-15-10-5-2-6-11-15;1-2-4-5-3-1;;;/h1-13H;1-5H;2*1H;/q;;;;+4/p-2. The molecule has 1 fully saturated rings. The van der Waals surface area contributed by atoms with E-state index in [-0.39, 0.29) is 0 Å². The molecule has 0 aromatic heterocycles. The third-order valence-corrected chi connectivity index (χ3v) is 2.69. The summed E-state index contributed by atoms with van der Waals surface area (Å²) in [6.45, 7) is 3.48. The monoisotopic (exact) mass is 446 g/mol. The van der Waals surface area contributed by atoms with Gasteiger partial charge in [-0.05, 0) is 56.4 Å². The molecule has 0 N–H and O–H groups in total. The Labute approximate surface area is 171 Å². The number of hydrogen-bond donors (Lipinski definition) is 0. The van der Waals surface area contributed by atoms with E-state index in [2.05, 4.69) is 10.6 Å². The Morgan fingerprint density at radius 3 is 1.24 bits per heavy atom. The van der Waals surface area contributed by atoms with Crippen LogP contribution in [0.2, 0.25) is 0 Å². The first-order chi connectivity index (χ1) is 12.4. The molecule has 3 rings (SSSR count). The molecule has 1 saturated carbocycles. The van der Waals surface area contributed by atoms with Gasteiger partial charge in [-0.3, -0.25) is 10.6 Å². The Hall–Kier alpha value is -0.497. The van der Waals surface area contributed by atoms with Gasteiger partial charge in [0.25, 0.3) is 0 Å². The van der Waals surface area contributed by atoms with Crippen molar-refractivity contribution < 1.29 is 20.8 Å². The Morgan fingerprint density at radius 2 is 0.920 bits per heavy atom. The van der Waals surface area contributed by atoms with Crippen LogP contribution in [0.5, 0.6) is 0 Å². The van der Waals surface area contributed by atoms with E-state index in [4.69, 9.17) is 17.0 Å². The molecule has 0 saturated heterocycles. The second-order valence-electron chi connectivity index (χ2n) is 4.45. The number of rotatable bonds is 6. The zero-order valence-corrected chi connectivity index (χ0v) is 17.5. The van der Waals surface area contributed by atoms with Crippen LogP contribution in [0, 0.1) is 51.6 Å². The molecule has 2 aromatic rings. The minimum absolute atomic E-state index is 0.826. The quantitative estimate of drug-likeness (QED) is 0.501. The zero-order chi connectivity index (χ0) is 18.0. The molecule has 0 aliphatic heterocycles. The van der Waals surface area contributed by atoms with Gasteiger partial charge >= 0.3 is 37.9 Å². The van der Waals surface area contributed by atoms with Gasteiger partial charge in [-0.1, -0.05) is 36.4 Å². The van der Waals surface area contributed by atoms with Crippen molar-refractivity contribution in [2.45, 2.75) is 0 Å². The van der Waals surface area contributed by atoms with Crippen LogP contribution in [0.1, 0.15) is 0 Å². The van der Waals surface area contributed by atoms with E-state index >= 15 is 0 Å². The summed E-state index contributed by atoms with van der Waals surface area (Å²) in [6, 6.07) is 19.6. The van der Waals surface area contributed by atoms with E-state index in [9.17, 15) is 0 Å². The van der Waals surface area contributed by atoms with Crippen LogP contribution in [-0.2, 0) is 20.8 Å². The van der Waals surface area contributed by atoms with E-state index in [0.29, 0.717) is 0 Å². The molecule has 0 bridgehead atoms. The average Bonchev–Trinajstić information content (AvgIpc) is 3.24. The van der Waals surface area contributed by atoms with Crippen molar-refractivity contribution in [2.75, 3.05) is 0 Å². The van der Waals surface area contributed by atoms with Crippen molar-refractivity contribution in [3.8, 4) is 0 Å². The van der Waals surface area contributed by atoms with Crippen molar-refractivity contribution in [1.29, 1.82) is 0 Å². The predicted molar refractivity (Wildman–Crippen MR) is 103 cm³/mol. The van der Waals surface area contributed by atoms with Crippen molar-refractivity contribution in [2.24, 2.45) is 0 Å². The summed E-state index contributed by atoms with van der Waals surface area (Å²) < 4.78 is 0. The van der Waals surface area contributed by atoms with Gasteiger partial charge in [0.2, 0.25) is 0 Å². The van der Waals surface area contributed by atoms with Gasteiger partial charge in [-0.15, -0.1) is 0 Å². The van der Waals surface area contributed by atoms with Gasteiger partial charge in [0, 0.05) is 6.42 Å². The molecule has 1 aliphatic rings. The van der Waals surface area contributed by atoms with Gasteiger partial charge in [0.15, 0.2) is 0 Å². The Bertz CT molecular complexity index is 459. The third-order valence-electron chi connectivity index (χ3n) is 2.69. The third kappa shape index (κ3) is 13.4. The minimum atomic E-state index is -0.826. The first kappa shape index (κ1) is 22.5. The fraction of sp³-hybridized carbons (Fsp3) is 0. The molecule has 10 radical (unpaired) electrons. The predicted octanol–water partition coefficient (Wildman–Crippen LogP) is 5.78. The van der Waals surface area contributed by atoms with Crippen LogP contribution in [0.4, 0.5) is 11.4 Å². The van der Waals surface area contributed by atoms with Gasteiger partial charge < -0.3 is 0 Å². The summed E-state index contributed by atoms with van der Waals surface area (Å²) in [4.78, 5) is 0. The van der Waals surface area contributed by atoms with Crippen LogP contribution >= 0.6 is 17.0 Å². The fourth-order valence-electron chi connectivity index (χ4n) is 1.65. The summed E-state index contributed by atoms with van der Waals surface area (Å²) in [5.41, 5.74) is 1.88. The SMILES string of the molecule is [CH]([CH][N]c1ccccc1)[CH][N]c1ccccc1.[CH]1[CH][CH][CH][CH]1.[Cl][Zr+2][Cl]. The maximum atomic E-state index is 4.93. The summed E-state index contributed by atoms with van der Waals surface area (Å²) in [7, 11) is 9.87. The van der Waals surface area contributed by atoms with Gasteiger partial charge in [-0.25, -0.2) is 0 Å². The van der Waals surface area contributed by atoms with Crippen LogP contribution in [0.25, 0.3) is 0 Å². The Kier molecular flexibility index (Phi) is 15.3. The summed E-state index contributed by atoms with van der Waals surface area (Å²) >= 11 is -0.826.